The molecule has 1 amide bonds. The van der Waals surface area contributed by atoms with Crippen molar-refractivity contribution in [1.82, 2.24) is 0 Å². The molecule has 0 aliphatic rings. The Morgan fingerprint density at radius 1 is 0.970 bits per heavy atom. The minimum atomic E-state index is -1.42. The van der Waals surface area contributed by atoms with Gasteiger partial charge in [-0.1, -0.05) is 23.2 Å². The van der Waals surface area contributed by atoms with Gasteiger partial charge in [-0.25, -0.2) is 0 Å². The Morgan fingerprint density at radius 2 is 1.64 bits per heavy atom. The van der Waals surface area contributed by atoms with Gasteiger partial charge in [0.25, 0.3) is 5.91 Å². The summed E-state index contributed by atoms with van der Waals surface area (Å²) in [6.45, 7) is 5.64. The molecule has 178 valence electrons. The van der Waals surface area contributed by atoms with Crippen molar-refractivity contribution in [3.05, 3.63) is 34.3 Å². The van der Waals surface area contributed by atoms with Crippen LogP contribution in [0, 0.1) is 0 Å². The van der Waals surface area contributed by atoms with E-state index in [1.54, 1.807) is 6.07 Å². The average molecular weight is 498 g/mol. The Bertz CT molecular complexity index is 1050. The maximum atomic E-state index is 12.8. The van der Waals surface area contributed by atoms with E-state index in [2.05, 4.69) is 15.5 Å². The van der Waals surface area contributed by atoms with E-state index in [9.17, 15) is 9.59 Å². The molecule has 1 unspecified atom stereocenters. The topological polar surface area (TPSA) is 108 Å². The molecule has 2 aromatic carbocycles. The van der Waals surface area contributed by atoms with Crippen LogP contribution in [0.2, 0.25) is 10.0 Å². The van der Waals surface area contributed by atoms with Crippen molar-refractivity contribution >= 4 is 46.3 Å². The molecule has 0 heterocycles. The number of halogens is 2. The second-order valence-electron chi connectivity index (χ2n) is 6.50. The highest BCUT2D eigenvalue weighted by molar-refractivity contribution is 6.33. The smallest absolute Gasteiger partial charge is 0.258 e. The number of methoxy groups -OCH3 is 2. The molecule has 33 heavy (non-hydrogen) atoms. The standard InChI is InChI=1S/C22H25Cl2N3O6/c1-6-32-17-11-13(10-15(24)19(17)33-7-2)26-27-18(12(3)28)22(29)25-16-9-8-14(23)20(30-4)21(16)31-5/h8-11,18H,6-7H2,1-5H3,(H,25,29). The summed E-state index contributed by atoms with van der Waals surface area (Å²) in [6, 6.07) is 4.70. The van der Waals surface area contributed by atoms with Crippen LogP contribution in [0.4, 0.5) is 11.4 Å². The van der Waals surface area contributed by atoms with E-state index in [1.165, 1.54) is 39.3 Å². The van der Waals surface area contributed by atoms with Crippen LogP contribution in [0.3, 0.4) is 0 Å². The molecule has 0 spiro atoms. The van der Waals surface area contributed by atoms with Gasteiger partial charge in [-0.3, -0.25) is 9.59 Å². The largest absolute Gasteiger partial charge is 0.491 e. The lowest BCUT2D eigenvalue weighted by Gasteiger charge is -2.16. The number of benzene rings is 2. The Hall–Kier alpha value is -3.04. The fraction of sp³-hybridized carbons (Fsp3) is 0.364. The number of rotatable bonds is 11. The lowest BCUT2D eigenvalue weighted by molar-refractivity contribution is -0.126. The molecule has 0 fully saturated rings. The van der Waals surface area contributed by atoms with Gasteiger partial charge in [-0.05, 0) is 39.0 Å². The van der Waals surface area contributed by atoms with Crippen LogP contribution in [-0.4, -0.2) is 45.2 Å². The van der Waals surface area contributed by atoms with E-state index >= 15 is 0 Å². The number of nitrogens with one attached hydrogen (secondary N) is 1. The maximum Gasteiger partial charge on any atom is 0.258 e. The number of ketones is 1. The number of amides is 1. The van der Waals surface area contributed by atoms with Gasteiger partial charge in [0, 0.05) is 6.07 Å². The van der Waals surface area contributed by atoms with Gasteiger partial charge in [-0.2, -0.15) is 10.2 Å². The first-order chi connectivity index (χ1) is 15.8. The summed E-state index contributed by atoms with van der Waals surface area (Å²) in [6.07, 6.45) is 0. The van der Waals surface area contributed by atoms with Crippen LogP contribution in [0.5, 0.6) is 23.0 Å². The molecule has 0 bridgehead atoms. The Kier molecular flexibility index (Phi) is 9.74. The van der Waals surface area contributed by atoms with Crippen molar-refractivity contribution < 1.29 is 28.5 Å². The van der Waals surface area contributed by atoms with Gasteiger partial charge < -0.3 is 24.3 Å². The highest BCUT2D eigenvalue weighted by atomic mass is 35.5. The van der Waals surface area contributed by atoms with Gasteiger partial charge in [0.2, 0.25) is 6.04 Å². The lowest BCUT2D eigenvalue weighted by Crippen LogP contribution is -2.32. The number of hydrogen-bond donors (Lipinski definition) is 1. The first-order valence-corrected chi connectivity index (χ1v) is 10.7. The number of nitrogens with zero attached hydrogens (tertiary/aromatic N) is 2. The van der Waals surface area contributed by atoms with Gasteiger partial charge in [0.05, 0.1) is 48.9 Å². The first-order valence-electron chi connectivity index (χ1n) is 9.99. The minimum absolute atomic E-state index is 0.206. The summed E-state index contributed by atoms with van der Waals surface area (Å²) in [4.78, 5) is 25.0. The third kappa shape index (κ3) is 6.49. The van der Waals surface area contributed by atoms with E-state index in [0.717, 1.165) is 0 Å². The van der Waals surface area contributed by atoms with Gasteiger partial charge >= 0.3 is 0 Å². The van der Waals surface area contributed by atoms with E-state index in [4.69, 9.17) is 42.1 Å². The third-order valence-corrected chi connectivity index (χ3v) is 4.81. The van der Waals surface area contributed by atoms with Crippen LogP contribution in [0.1, 0.15) is 20.8 Å². The predicted octanol–water partition coefficient (Wildman–Crippen LogP) is 5.49. The van der Waals surface area contributed by atoms with Gasteiger partial charge in [0.15, 0.2) is 28.8 Å². The molecule has 0 aromatic heterocycles. The van der Waals surface area contributed by atoms with Gasteiger partial charge in [-0.15, -0.1) is 0 Å². The van der Waals surface area contributed by atoms with Crippen molar-refractivity contribution in [2.75, 3.05) is 32.8 Å². The molecule has 9 nitrogen and oxygen atoms in total. The van der Waals surface area contributed by atoms with E-state index < -0.39 is 17.7 Å². The fourth-order valence-corrected chi connectivity index (χ4v) is 3.32. The molecular weight excluding hydrogens is 473 g/mol. The summed E-state index contributed by atoms with van der Waals surface area (Å²) < 4.78 is 21.6. The molecule has 2 rings (SSSR count). The SMILES string of the molecule is CCOc1cc(N=NC(C(C)=O)C(=O)Nc2ccc(Cl)c(OC)c2OC)cc(Cl)c1OCC. The summed E-state index contributed by atoms with van der Waals surface area (Å²) in [5.41, 5.74) is 0.546. The highest BCUT2D eigenvalue weighted by Crippen LogP contribution is 2.41. The van der Waals surface area contributed by atoms with Crippen LogP contribution in [0.15, 0.2) is 34.5 Å². The highest BCUT2D eigenvalue weighted by Gasteiger charge is 2.25. The summed E-state index contributed by atoms with van der Waals surface area (Å²) >= 11 is 12.4. The van der Waals surface area contributed by atoms with E-state index in [0.29, 0.717) is 29.7 Å². The maximum absolute atomic E-state index is 12.8. The van der Waals surface area contributed by atoms with E-state index in [-0.39, 0.29) is 27.9 Å². The third-order valence-electron chi connectivity index (χ3n) is 4.24. The van der Waals surface area contributed by atoms with Gasteiger partial charge in [0.1, 0.15) is 0 Å². The Labute approximate surface area is 202 Å². The molecule has 11 heteroatoms. The zero-order valence-corrected chi connectivity index (χ0v) is 20.4. The number of carbonyl (C=O) groups is 2. The molecule has 0 saturated carbocycles. The molecule has 1 N–H and O–H groups in total. The zero-order valence-electron chi connectivity index (χ0n) is 18.9. The van der Waals surface area contributed by atoms with Crippen LogP contribution >= 0.6 is 23.2 Å². The molecule has 0 aliphatic heterocycles. The quantitative estimate of drug-likeness (QED) is 0.324. The van der Waals surface area contributed by atoms with Crippen molar-refractivity contribution in [2.24, 2.45) is 10.2 Å². The average Bonchev–Trinajstić information content (AvgIpc) is 2.77. The van der Waals surface area contributed by atoms with Crippen molar-refractivity contribution in [3.8, 4) is 23.0 Å². The predicted molar refractivity (Wildman–Crippen MR) is 126 cm³/mol. The molecule has 0 aliphatic carbocycles. The number of carbonyl (C=O) groups excluding carboxylic acids is 2. The second kappa shape index (κ2) is 12.3. The number of hydrogen-bond acceptors (Lipinski definition) is 8. The Balaban J connectivity index is 2.33. The summed E-state index contributed by atoms with van der Waals surface area (Å²) in [5, 5.41) is 11.1. The first kappa shape index (κ1) is 26.2. The van der Waals surface area contributed by atoms with Crippen molar-refractivity contribution in [3.63, 3.8) is 0 Å². The fourth-order valence-electron chi connectivity index (χ4n) is 2.83. The zero-order chi connectivity index (χ0) is 24.5. The lowest BCUT2D eigenvalue weighted by atomic mass is 10.2. The number of anilines is 1. The molecule has 0 saturated heterocycles. The minimum Gasteiger partial charge on any atom is -0.491 e. The normalized spacial score (nSPS) is 11.7. The van der Waals surface area contributed by atoms with Crippen LogP contribution in [0.25, 0.3) is 0 Å². The van der Waals surface area contributed by atoms with Crippen molar-refractivity contribution in [1.29, 1.82) is 0 Å². The molecule has 1 atom stereocenters. The summed E-state index contributed by atoms with van der Waals surface area (Å²) in [5.74, 6) is -0.0240. The van der Waals surface area contributed by atoms with Crippen molar-refractivity contribution in [2.45, 2.75) is 26.8 Å². The number of azo groups is 1. The second-order valence-corrected chi connectivity index (χ2v) is 7.31. The number of Topliss-reactive ketones (excluding diaryl/α,β-unsaturated/α-hetero) is 1. The van der Waals surface area contributed by atoms with Crippen LogP contribution in [-0.2, 0) is 9.59 Å². The monoisotopic (exact) mass is 497 g/mol. The molecular formula is C22H25Cl2N3O6. The Morgan fingerprint density at radius 3 is 2.21 bits per heavy atom. The molecule has 0 radical (unpaired) electrons. The number of ether oxygens (including phenoxy) is 4. The van der Waals surface area contributed by atoms with Crippen LogP contribution < -0.4 is 24.3 Å². The summed E-state index contributed by atoms with van der Waals surface area (Å²) in [7, 11) is 2.82. The molecule has 2 aromatic rings. The van der Waals surface area contributed by atoms with E-state index in [1.807, 2.05) is 13.8 Å².